The van der Waals surface area contributed by atoms with Gasteiger partial charge in [-0.25, -0.2) is 13.2 Å². The first-order valence-electron chi connectivity index (χ1n) is 4.67. The highest BCUT2D eigenvalue weighted by molar-refractivity contribution is 7.91. The van der Waals surface area contributed by atoms with Crippen molar-refractivity contribution in [1.82, 2.24) is 0 Å². The quantitative estimate of drug-likeness (QED) is 0.863. The predicted octanol–water partition coefficient (Wildman–Crippen LogP) is 1.19. The van der Waals surface area contributed by atoms with Crippen LogP contribution in [0.5, 0.6) is 0 Å². The van der Waals surface area contributed by atoms with Crippen LogP contribution in [0.25, 0.3) is 0 Å². The molecule has 0 unspecified atom stereocenters. The molecule has 0 aromatic heterocycles. The summed E-state index contributed by atoms with van der Waals surface area (Å²) in [5.74, 6) is -1.66. The van der Waals surface area contributed by atoms with Crippen LogP contribution in [0.2, 0.25) is 5.02 Å². The van der Waals surface area contributed by atoms with Gasteiger partial charge in [0.2, 0.25) is 0 Å². The molecule has 0 bridgehead atoms. The van der Waals surface area contributed by atoms with Crippen molar-refractivity contribution in [1.29, 1.82) is 0 Å². The van der Waals surface area contributed by atoms with E-state index in [-0.39, 0.29) is 15.5 Å². The molecule has 17 heavy (non-hydrogen) atoms. The van der Waals surface area contributed by atoms with Gasteiger partial charge in [0.05, 0.1) is 27.3 Å². The molecule has 0 saturated carbocycles. The lowest BCUT2D eigenvalue weighted by molar-refractivity contribution is 0.0697. The van der Waals surface area contributed by atoms with Gasteiger partial charge < -0.3 is 10.2 Å². The fraction of sp³-hybridized carbons (Fsp3) is 0.300. The van der Waals surface area contributed by atoms with E-state index in [0.29, 0.717) is 0 Å². The molecule has 7 heteroatoms. The fourth-order valence-corrected chi connectivity index (χ4v) is 3.00. The minimum absolute atomic E-state index is 0.103. The Kier molecular flexibility index (Phi) is 4.13. The minimum Gasteiger partial charge on any atom is -0.478 e. The molecule has 0 aliphatic rings. The first-order chi connectivity index (χ1) is 7.74. The van der Waals surface area contributed by atoms with Crippen LogP contribution < -0.4 is 0 Å². The van der Waals surface area contributed by atoms with Crippen molar-refractivity contribution in [2.75, 3.05) is 5.75 Å². The number of carboxylic acid groups (broad SMARTS) is 1. The highest BCUT2D eigenvalue weighted by atomic mass is 35.5. The number of rotatable bonds is 4. The number of hydrogen-bond donors (Lipinski definition) is 2. The van der Waals surface area contributed by atoms with Crippen LogP contribution in [0.1, 0.15) is 17.3 Å². The molecular weight excluding hydrogens is 268 g/mol. The number of sulfone groups is 1. The standard InChI is InChI=1S/C10H11ClO5S/c1-6(12)5-17(15,16)7-2-3-8(10(13)14)9(11)4-7/h2-4,6,12H,5H2,1H3,(H,13,14)/t6-/m0/s1. The van der Waals surface area contributed by atoms with Crippen LogP contribution in [-0.2, 0) is 9.84 Å². The van der Waals surface area contributed by atoms with Crippen LogP contribution in [0, 0.1) is 0 Å². The lowest BCUT2D eigenvalue weighted by Gasteiger charge is -2.07. The van der Waals surface area contributed by atoms with Crippen molar-refractivity contribution in [2.24, 2.45) is 0 Å². The number of carbonyl (C=O) groups is 1. The normalized spacial score (nSPS) is 13.4. The van der Waals surface area contributed by atoms with E-state index < -0.39 is 27.7 Å². The van der Waals surface area contributed by atoms with E-state index in [9.17, 15) is 13.2 Å². The Morgan fingerprint density at radius 2 is 2.06 bits per heavy atom. The number of carboxylic acids is 1. The van der Waals surface area contributed by atoms with Gasteiger partial charge in [0.25, 0.3) is 0 Å². The van der Waals surface area contributed by atoms with E-state index >= 15 is 0 Å². The maximum Gasteiger partial charge on any atom is 0.337 e. The van der Waals surface area contributed by atoms with E-state index in [2.05, 4.69) is 0 Å². The highest BCUT2D eigenvalue weighted by Crippen LogP contribution is 2.22. The van der Waals surface area contributed by atoms with Crippen molar-refractivity contribution >= 4 is 27.4 Å². The molecule has 1 aromatic carbocycles. The summed E-state index contributed by atoms with van der Waals surface area (Å²) < 4.78 is 23.4. The first-order valence-corrected chi connectivity index (χ1v) is 6.70. The molecule has 1 atom stereocenters. The highest BCUT2D eigenvalue weighted by Gasteiger charge is 2.19. The monoisotopic (exact) mass is 278 g/mol. The molecular formula is C10H11ClO5S. The predicted molar refractivity (Wildman–Crippen MR) is 62.1 cm³/mol. The third kappa shape index (κ3) is 3.42. The second-order valence-electron chi connectivity index (χ2n) is 3.58. The molecule has 94 valence electrons. The number of aliphatic hydroxyl groups excluding tert-OH is 1. The number of benzene rings is 1. The van der Waals surface area contributed by atoms with Gasteiger partial charge >= 0.3 is 5.97 Å². The smallest absolute Gasteiger partial charge is 0.337 e. The first kappa shape index (κ1) is 14.0. The number of aromatic carboxylic acids is 1. The Morgan fingerprint density at radius 3 is 2.47 bits per heavy atom. The maximum atomic E-state index is 11.7. The Hall–Kier alpha value is -1.11. The molecule has 2 N–H and O–H groups in total. The summed E-state index contributed by atoms with van der Waals surface area (Å²) in [5, 5.41) is 17.6. The lowest BCUT2D eigenvalue weighted by Crippen LogP contribution is -2.17. The van der Waals surface area contributed by atoms with Crippen molar-refractivity contribution in [2.45, 2.75) is 17.9 Å². The van der Waals surface area contributed by atoms with Crippen molar-refractivity contribution in [3.63, 3.8) is 0 Å². The molecule has 5 nitrogen and oxygen atoms in total. The average molecular weight is 279 g/mol. The van der Waals surface area contributed by atoms with E-state index in [1.54, 1.807) is 0 Å². The van der Waals surface area contributed by atoms with Crippen LogP contribution in [-0.4, -0.2) is 36.5 Å². The molecule has 0 saturated heterocycles. The molecule has 0 aliphatic heterocycles. The van der Waals surface area contributed by atoms with Crippen molar-refractivity contribution < 1.29 is 23.4 Å². The van der Waals surface area contributed by atoms with Crippen LogP contribution >= 0.6 is 11.6 Å². The average Bonchev–Trinajstić information content (AvgIpc) is 2.14. The Balaban J connectivity index is 3.18. The SMILES string of the molecule is C[C@H](O)CS(=O)(=O)c1ccc(C(=O)O)c(Cl)c1. The molecule has 0 aliphatic carbocycles. The summed E-state index contributed by atoms with van der Waals surface area (Å²) in [5.41, 5.74) is -0.164. The van der Waals surface area contributed by atoms with E-state index in [0.717, 1.165) is 18.2 Å². The zero-order chi connectivity index (χ0) is 13.2. The van der Waals surface area contributed by atoms with Gasteiger partial charge in [-0.05, 0) is 25.1 Å². The summed E-state index contributed by atoms with van der Waals surface area (Å²) in [6.07, 6.45) is -1.00. The Labute approximate surface area is 104 Å². The Bertz CT molecular complexity index is 536. The summed E-state index contributed by atoms with van der Waals surface area (Å²) in [6, 6.07) is 3.36. The van der Waals surface area contributed by atoms with Gasteiger partial charge in [0.15, 0.2) is 9.84 Å². The third-order valence-electron chi connectivity index (χ3n) is 1.99. The number of aliphatic hydroxyl groups is 1. The molecule has 0 heterocycles. The molecule has 0 radical (unpaired) electrons. The summed E-state index contributed by atoms with van der Waals surface area (Å²) in [6.45, 7) is 1.35. The van der Waals surface area contributed by atoms with Gasteiger partial charge in [-0.2, -0.15) is 0 Å². The van der Waals surface area contributed by atoms with Gasteiger partial charge in [-0.1, -0.05) is 11.6 Å². The van der Waals surface area contributed by atoms with Gasteiger partial charge in [-0.15, -0.1) is 0 Å². The molecule has 1 rings (SSSR count). The zero-order valence-electron chi connectivity index (χ0n) is 8.92. The van der Waals surface area contributed by atoms with Crippen LogP contribution in [0.3, 0.4) is 0 Å². The largest absolute Gasteiger partial charge is 0.478 e. The molecule has 0 amide bonds. The van der Waals surface area contributed by atoms with Gasteiger partial charge in [0.1, 0.15) is 0 Å². The second kappa shape index (κ2) is 5.03. The molecule has 0 spiro atoms. The van der Waals surface area contributed by atoms with E-state index in [1.807, 2.05) is 0 Å². The van der Waals surface area contributed by atoms with Gasteiger partial charge in [0, 0.05) is 0 Å². The molecule has 0 fully saturated rings. The van der Waals surface area contributed by atoms with E-state index in [4.69, 9.17) is 21.8 Å². The summed E-state index contributed by atoms with van der Waals surface area (Å²) in [4.78, 5) is 10.6. The zero-order valence-corrected chi connectivity index (χ0v) is 10.5. The van der Waals surface area contributed by atoms with Crippen LogP contribution in [0.15, 0.2) is 23.1 Å². The fourth-order valence-electron chi connectivity index (χ4n) is 1.28. The maximum absolute atomic E-state index is 11.7. The van der Waals surface area contributed by atoms with Crippen molar-refractivity contribution in [3.05, 3.63) is 28.8 Å². The van der Waals surface area contributed by atoms with Gasteiger partial charge in [-0.3, -0.25) is 0 Å². The third-order valence-corrected chi connectivity index (χ3v) is 4.20. The number of halogens is 1. The minimum atomic E-state index is -3.65. The second-order valence-corrected chi connectivity index (χ2v) is 6.02. The molecule has 1 aromatic rings. The van der Waals surface area contributed by atoms with Crippen LogP contribution in [0.4, 0.5) is 0 Å². The summed E-state index contributed by atoms with van der Waals surface area (Å²) in [7, 11) is -3.65. The van der Waals surface area contributed by atoms with Crippen molar-refractivity contribution in [3.8, 4) is 0 Å². The van der Waals surface area contributed by atoms with E-state index in [1.165, 1.54) is 6.92 Å². The summed E-state index contributed by atoms with van der Waals surface area (Å²) >= 11 is 5.66. The topological polar surface area (TPSA) is 91.7 Å². The lowest BCUT2D eigenvalue weighted by atomic mass is 10.2. The number of hydrogen-bond acceptors (Lipinski definition) is 4. The Morgan fingerprint density at radius 1 is 1.47 bits per heavy atom.